The van der Waals surface area contributed by atoms with Gasteiger partial charge in [-0.05, 0) is 49.7 Å². The van der Waals surface area contributed by atoms with Crippen LogP contribution in [-0.4, -0.2) is 41.6 Å². The van der Waals surface area contributed by atoms with Gasteiger partial charge >= 0.3 is 6.36 Å². The van der Waals surface area contributed by atoms with Crippen molar-refractivity contribution in [3.63, 3.8) is 0 Å². The largest absolute Gasteiger partial charge is 0.573 e. The second kappa shape index (κ2) is 9.86. The molecule has 1 amide bonds. The van der Waals surface area contributed by atoms with E-state index in [1.807, 2.05) is 31.3 Å². The molecule has 6 nitrogen and oxygen atoms in total. The molecule has 0 aliphatic carbocycles. The second-order valence-corrected chi connectivity index (χ2v) is 9.50. The summed E-state index contributed by atoms with van der Waals surface area (Å²) in [6.07, 6.45) is -0.888. The van der Waals surface area contributed by atoms with E-state index in [1.165, 1.54) is 11.5 Å². The number of ether oxygens (including phenoxy) is 1. The summed E-state index contributed by atoms with van der Waals surface area (Å²) >= 11 is 5.85. The van der Waals surface area contributed by atoms with Gasteiger partial charge in [0.25, 0.3) is 5.91 Å². The van der Waals surface area contributed by atoms with E-state index in [9.17, 15) is 18.0 Å². The van der Waals surface area contributed by atoms with Crippen molar-refractivity contribution in [2.45, 2.75) is 32.0 Å². The maximum Gasteiger partial charge on any atom is 0.573 e. The Balaban J connectivity index is 1.38. The minimum absolute atomic E-state index is 0.00432. The average Bonchev–Trinajstić information content (AvgIpc) is 2.76. The van der Waals surface area contributed by atoms with Crippen LogP contribution >= 0.6 is 20.2 Å². The van der Waals surface area contributed by atoms with Crippen LogP contribution in [0, 0.1) is 0 Å². The number of benzene rings is 2. The van der Waals surface area contributed by atoms with Crippen molar-refractivity contribution in [3.05, 3.63) is 69.7 Å². The number of aliphatic imine (C=N–C) groups is 1. The third kappa shape index (κ3) is 5.66. The lowest BCUT2D eigenvalue weighted by atomic mass is 10.1. The number of carbonyl (C=O) groups is 1. The minimum atomic E-state index is -4.87. The number of allylic oxidation sites excluding steroid dienone is 1. The van der Waals surface area contributed by atoms with Gasteiger partial charge in [-0.1, -0.05) is 23.7 Å². The Morgan fingerprint density at radius 2 is 2.09 bits per heavy atom. The minimum Gasteiger partial charge on any atom is -0.404 e. The monoisotopic (exact) mass is 509 g/mol. The van der Waals surface area contributed by atoms with Gasteiger partial charge in [0.05, 0.1) is 10.8 Å². The summed E-state index contributed by atoms with van der Waals surface area (Å²) in [5, 5.41) is 6.01. The molecular weight excluding hydrogens is 488 g/mol. The number of anilines is 1. The van der Waals surface area contributed by atoms with Crippen LogP contribution in [0.25, 0.3) is 0 Å². The SMILES string of the molecule is CC[N+]1=CC2=C1PC(NC(C)c1cccc(NC(=O)c3ccc(OC(F)(F)F)c(Cl)c3)c1)C=N2. The predicted octanol–water partition coefficient (Wildman–Crippen LogP) is 5.52. The highest BCUT2D eigenvalue weighted by molar-refractivity contribution is 7.44. The van der Waals surface area contributed by atoms with Crippen molar-refractivity contribution in [2.24, 2.45) is 4.99 Å². The Hall–Kier alpha value is -2.74. The van der Waals surface area contributed by atoms with Gasteiger partial charge < -0.3 is 10.1 Å². The normalized spacial score (nSPS) is 18.8. The first kappa shape index (κ1) is 24.4. The molecule has 0 saturated heterocycles. The molecule has 34 heavy (non-hydrogen) atoms. The van der Waals surface area contributed by atoms with Crippen LogP contribution in [0.15, 0.2) is 58.6 Å². The lowest BCUT2D eigenvalue weighted by molar-refractivity contribution is -0.467. The Morgan fingerprint density at radius 3 is 2.79 bits per heavy atom. The van der Waals surface area contributed by atoms with Gasteiger partial charge in [-0.25, -0.2) is 4.99 Å². The van der Waals surface area contributed by atoms with Crippen molar-refractivity contribution >= 4 is 44.2 Å². The summed E-state index contributed by atoms with van der Waals surface area (Å²) in [7, 11) is 0.578. The molecule has 3 unspecified atom stereocenters. The number of rotatable bonds is 7. The van der Waals surface area contributed by atoms with Gasteiger partial charge in [0.15, 0.2) is 5.70 Å². The molecule has 11 heteroatoms. The maximum atomic E-state index is 12.6. The highest BCUT2D eigenvalue weighted by atomic mass is 35.5. The molecule has 2 aliphatic rings. The zero-order valence-electron chi connectivity index (χ0n) is 18.3. The van der Waals surface area contributed by atoms with Crippen LogP contribution in [0.4, 0.5) is 18.9 Å². The number of hydrogen-bond acceptors (Lipinski definition) is 4. The first-order chi connectivity index (χ1) is 16.1. The first-order valence-corrected chi connectivity index (χ1v) is 12.0. The van der Waals surface area contributed by atoms with E-state index in [-0.39, 0.29) is 22.4 Å². The van der Waals surface area contributed by atoms with Crippen molar-refractivity contribution < 1.29 is 27.3 Å². The van der Waals surface area contributed by atoms with Gasteiger partial charge in [0.1, 0.15) is 12.3 Å². The van der Waals surface area contributed by atoms with Crippen LogP contribution in [0.3, 0.4) is 0 Å². The van der Waals surface area contributed by atoms with E-state index in [4.69, 9.17) is 11.6 Å². The highest BCUT2D eigenvalue weighted by Crippen LogP contribution is 2.39. The standard InChI is InChI=1S/C23H21ClF3N4O2P/c1-3-31-12-18-22(31)34-20(11-28-18)29-13(2)14-5-4-6-16(9-14)30-21(32)15-7-8-19(17(24)10-15)33-23(25,26)27/h4-13,20,29,34H,3H2,1-2H3/p+1. The van der Waals surface area contributed by atoms with Gasteiger partial charge in [-0.2, -0.15) is 4.58 Å². The topological polar surface area (TPSA) is 65.7 Å². The van der Waals surface area contributed by atoms with Crippen LogP contribution in [0.2, 0.25) is 5.02 Å². The molecule has 3 atom stereocenters. The number of nitrogens with zero attached hydrogens (tertiary/aromatic N) is 2. The van der Waals surface area contributed by atoms with Crippen molar-refractivity contribution in [1.82, 2.24) is 5.32 Å². The maximum absolute atomic E-state index is 12.6. The van der Waals surface area contributed by atoms with E-state index in [2.05, 4.69) is 38.1 Å². The third-order valence-electron chi connectivity index (χ3n) is 5.30. The quantitative estimate of drug-likeness (QED) is 0.382. The second-order valence-electron chi connectivity index (χ2n) is 7.71. The third-order valence-corrected chi connectivity index (χ3v) is 7.04. The molecule has 0 saturated carbocycles. The molecule has 2 aromatic carbocycles. The fraction of sp³-hybridized carbons (Fsp3) is 0.261. The number of nitrogens with one attached hydrogen (secondary N) is 2. The molecule has 0 fully saturated rings. The fourth-order valence-electron chi connectivity index (χ4n) is 3.58. The molecule has 2 aromatic rings. The Labute approximate surface area is 201 Å². The van der Waals surface area contributed by atoms with E-state index in [0.29, 0.717) is 14.3 Å². The van der Waals surface area contributed by atoms with Gasteiger partial charge in [-0.15, -0.1) is 13.2 Å². The number of hydrogen-bond donors (Lipinski definition) is 2. The molecule has 2 N–H and O–H groups in total. The summed E-state index contributed by atoms with van der Waals surface area (Å²) in [5.41, 5.74) is 3.95. The van der Waals surface area contributed by atoms with Crippen LogP contribution in [0.5, 0.6) is 5.75 Å². The van der Waals surface area contributed by atoms with Gasteiger partial charge in [0, 0.05) is 32.1 Å². The fourth-order valence-corrected chi connectivity index (χ4v) is 5.24. The number of halogens is 4. The lowest BCUT2D eigenvalue weighted by Gasteiger charge is -2.25. The van der Waals surface area contributed by atoms with Crippen molar-refractivity contribution in [3.8, 4) is 5.75 Å². The summed E-state index contributed by atoms with van der Waals surface area (Å²) in [4.78, 5) is 17.1. The van der Waals surface area contributed by atoms with Crippen LogP contribution < -0.4 is 15.4 Å². The van der Waals surface area contributed by atoms with Gasteiger partial charge in [-0.3, -0.25) is 10.1 Å². The predicted molar refractivity (Wildman–Crippen MR) is 129 cm³/mol. The highest BCUT2D eigenvalue weighted by Gasteiger charge is 2.34. The zero-order chi connectivity index (χ0) is 24.5. The van der Waals surface area contributed by atoms with E-state index in [0.717, 1.165) is 29.9 Å². The molecule has 2 heterocycles. The van der Waals surface area contributed by atoms with Gasteiger partial charge in [0.2, 0.25) is 11.7 Å². The molecule has 0 spiro atoms. The molecular formula is C23H22ClF3N4O2P+. The first-order valence-electron chi connectivity index (χ1n) is 10.5. The lowest BCUT2D eigenvalue weighted by Crippen LogP contribution is -2.34. The van der Waals surface area contributed by atoms with Crippen molar-refractivity contribution in [1.29, 1.82) is 0 Å². The van der Waals surface area contributed by atoms with E-state index in [1.54, 1.807) is 6.07 Å². The van der Waals surface area contributed by atoms with Crippen LogP contribution in [0.1, 0.15) is 35.8 Å². The molecule has 0 radical (unpaired) electrons. The van der Waals surface area contributed by atoms with Crippen LogP contribution in [-0.2, 0) is 0 Å². The smallest absolute Gasteiger partial charge is 0.404 e. The van der Waals surface area contributed by atoms with Crippen molar-refractivity contribution in [2.75, 3.05) is 11.9 Å². The molecule has 4 rings (SSSR count). The summed E-state index contributed by atoms with van der Waals surface area (Å²) < 4.78 is 43.3. The molecule has 2 aliphatic heterocycles. The Bertz CT molecular complexity index is 1210. The van der Waals surface area contributed by atoms with E-state index < -0.39 is 18.0 Å². The zero-order valence-corrected chi connectivity index (χ0v) is 20.0. The summed E-state index contributed by atoms with van der Waals surface area (Å²) in [6, 6.07) is 10.7. The molecule has 0 aromatic heterocycles. The van der Waals surface area contributed by atoms with E-state index >= 15 is 0 Å². The molecule has 0 bridgehead atoms. The Morgan fingerprint density at radius 1 is 1.29 bits per heavy atom. The summed E-state index contributed by atoms with van der Waals surface area (Å²) in [5.74, 6) is -0.946. The molecule has 178 valence electrons. The summed E-state index contributed by atoms with van der Waals surface area (Å²) in [6.45, 7) is 5.06. The number of carbonyl (C=O) groups excluding carboxylic acids is 1. The number of amides is 1. The average molecular weight is 510 g/mol. The Kier molecular flexibility index (Phi) is 7.07. The number of alkyl halides is 3.